The van der Waals surface area contributed by atoms with Gasteiger partial charge in [0.25, 0.3) is 5.91 Å². The Bertz CT molecular complexity index is 316. The molecular weight excluding hydrogens is 226 g/mol. The van der Waals surface area contributed by atoms with Gasteiger partial charge in [0.2, 0.25) is 0 Å². The SMILES string of the molecule is COCCN(CCCl)C(=O)c1ccccc1. The predicted octanol–water partition coefficient (Wildman–Crippen LogP) is 2.01. The molecule has 0 N–H and O–H groups in total. The van der Waals surface area contributed by atoms with Gasteiger partial charge in [-0.3, -0.25) is 4.79 Å². The van der Waals surface area contributed by atoms with Crippen LogP contribution in [-0.4, -0.2) is 43.5 Å². The lowest BCUT2D eigenvalue weighted by molar-refractivity contribution is 0.0708. The molecule has 0 spiro atoms. The van der Waals surface area contributed by atoms with E-state index in [0.717, 1.165) is 0 Å². The third kappa shape index (κ3) is 3.83. The van der Waals surface area contributed by atoms with E-state index in [1.165, 1.54) is 0 Å². The number of methoxy groups -OCH3 is 1. The van der Waals surface area contributed by atoms with Crippen molar-refractivity contribution in [1.82, 2.24) is 4.90 Å². The molecule has 16 heavy (non-hydrogen) atoms. The Morgan fingerprint density at radius 1 is 1.31 bits per heavy atom. The van der Waals surface area contributed by atoms with E-state index in [9.17, 15) is 4.79 Å². The topological polar surface area (TPSA) is 29.5 Å². The van der Waals surface area contributed by atoms with Crippen molar-refractivity contribution in [2.24, 2.45) is 0 Å². The summed E-state index contributed by atoms with van der Waals surface area (Å²) in [6.07, 6.45) is 0. The van der Waals surface area contributed by atoms with Crippen LogP contribution in [-0.2, 0) is 4.74 Å². The number of rotatable bonds is 6. The molecule has 0 aliphatic carbocycles. The standard InChI is InChI=1S/C12H16ClNO2/c1-16-10-9-14(8-7-13)12(15)11-5-3-2-4-6-11/h2-6H,7-10H2,1H3. The van der Waals surface area contributed by atoms with E-state index in [1.54, 1.807) is 24.1 Å². The number of amides is 1. The van der Waals surface area contributed by atoms with E-state index in [0.29, 0.717) is 31.1 Å². The molecule has 3 nitrogen and oxygen atoms in total. The summed E-state index contributed by atoms with van der Waals surface area (Å²) in [4.78, 5) is 13.8. The minimum absolute atomic E-state index is 0.00157. The highest BCUT2D eigenvalue weighted by Gasteiger charge is 2.13. The summed E-state index contributed by atoms with van der Waals surface area (Å²) >= 11 is 5.67. The smallest absolute Gasteiger partial charge is 0.253 e. The number of hydrogen-bond donors (Lipinski definition) is 0. The van der Waals surface area contributed by atoms with Crippen LogP contribution in [0.1, 0.15) is 10.4 Å². The normalized spacial score (nSPS) is 10.1. The lowest BCUT2D eigenvalue weighted by Crippen LogP contribution is -2.35. The molecule has 0 saturated heterocycles. The maximum atomic E-state index is 12.1. The molecule has 1 aromatic rings. The highest BCUT2D eigenvalue weighted by molar-refractivity contribution is 6.18. The Labute approximate surface area is 101 Å². The number of carbonyl (C=O) groups is 1. The van der Waals surface area contributed by atoms with Gasteiger partial charge in [0.05, 0.1) is 6.61 Å². The zero-order valence-electron chi connectivity index (χ0n) is 9.36. The van der Waals surface area contributed by atoms with Crippen LogP contribution in [0.15, 0.2) is 30.3 Å². The third-order valence-electron chi connectivity index (χ3n) is 2.23. The molecule has 1 aromatic carbocycles. The van der Waals surface area contributed by atoms with Gasteiger partial charge >= 0.3 is 0 Å². The second-order valence-corrected chi connectivity index (χ2v) is 3.72. The molecule has 0 fully saturated rings. The summed E-state index contributed by atoms with van der Waals surface area (Å²) in [6.45, 7) is 1.63. The third-order valence-corrected chi connectivity index (χ3v) is 2.40. The van der Waals surface area contributed by atoms with Crippen LogP contribution < -0.4 is 0 Å². The van der Waals surface area contributed by atoms with Crippen LogP contribution in [0.5, 0.6) is 0 Å². The average Bonchev–Trinajstić information content (AvgIpc) is 2.35. The van der Waals surface area contributed by atoms with Crippen molar-refractivity contribution in [1.29, 1.82) is 0 Å². The maximum absolute atomic E-state index is 12.1. The van der Waals surface area contributed by atoms with Crippen molar-refractivity contribution in [2.45, 2.75) is 0 Å². The molecule has 4 heteroatoms. The first kappa shape index (κ1) is 13.0. The van der Waals surface area contributed by atoms with E-state index in [4.69, 9.17) is 16.3 Å². The molecule has 88 valence electrons. The molecule has 0 bridgehead atoms. The molecule has 1 rings (SSSR count). The minimum atomic E-state index is -0.00157. The van der Waals surface area contributed by atoms with Crippen LogP contribution in [0.2, 0.25) is 0 Å². The molecular formula is C12H16ClNO2. The summed E-state index contributed by atoms with van der Waals surface area (Å²) in [5, 5.41) is 0. The maximum Gasteiger partial charge on any atom is 0.253 e. The van der Waals surface area contributed by atoms with E-state index < -0.39 is 0 Å². The summed E-state index contributed by atoms with van der Waals surface area (Å²) in [7, 11) is 1.62. The molecule has 1 amide bonds. The largest absolute Gasteiger partial charge is 0.383 e. The lowest BCUT2D eigenvalue weighted by Gasteiger charge is -2.21. The zero-order chi connectivity index (χ0) is 11.8. The quantitative estimate of drug-likeness (QED) is 0.713. The number of hydrogen-bond acceptors (Lipinski definition) is 2. The molecule has 0 heterocycles. The van der Waals surface area contributed by atoms with Crippen molar-refractivity contribution in [2.75, 3.05) is 32.7 Å². The van der Waals surface area contributed by atoms with E-state index in [1.807, 2.05) is 18.2 Å². The van der Waals surface area contributed by atoms with Gasteiger partial charge in [0, 0.05) is 31.6 Å². The van der Waals surface area contributed by atoms with Crippen LogP contribution in [0.4, 0.5) is 0 Å². The number of ether oxygens (including phenoxy) is 1. The summed E-state index contributed by atoms with van der Waals surface area (Å²) in [6, 6.07) is 9.19. The van der Waals surface area contributed by atoms with Crippen molar-refractivity contribution in [3.05, 3.63) is 35.9 Å². The van der Waals surface area contributed by atoms with Crippen molar-refractivity contribution < 1.29 is 9.53 Å². The first-order chi connectivity index (χ1) is 7.79. The highest BCUT2D eigenvalue weighted by atomic mass is 35.5. The average molecular weight is 242 g/mol. The van der Waals surface area contributed by atoms with Crippen LogP contribution in [0.25, 0.3) is 0 Å². The van der Waals surface area contributed by atoms with Crippen LogP contribution in [0.3, 0.4) is 0 Å². The van der Waals surface area contributed by atoms with Gasteiger partial charge in [-0.25, -0.2) is 0 Å². The Kier molecular flexibility index (Phi) is 5.90. The van der Waals surface area contributed by atoms with E-state index in [-0.39, 0.29) is 5.91 Å². The van der Waals surface area contributed by atoms with Crippen LogP contribution in [0, 0.1) is 0 Å². The Balaban J connectivity index is 2.67. The van der Waals surface area contributed by atoms with Crippen molar-refractivity contribution in [3.63, 3.8) is 0 Å². The first-order valence-electron chi connectivity index (χ1n) is 5.19. The second kappa shape index (κ2) is 7.25. The van der Waals surface area contributed by atoms with Crippen LogP contribution >= 0.6 is 11.6 Å². The fourth-order valence-electron chi connectivity index (χ4n) is 1.38. The summed E-state index contributed by atoms with van der Waals surface area (Å²) in [5.41, 5.74) is 0.684. The predicted molar refractivity (Wildman–Crippen MR) is 64.9 cm³/mol. The van der Waals surface area contributed by atoms with E-state index in [2.05, 4.69) is 0 Å². The van der Waals surface area contributed by atoms with Crippen molar-refractivity contribution in [3.8, 4) is 0 Å². The zero-order valence-corrected chi connectivity index (χ0v) is 10.1. The van der Waals surface area contributed by atoms with Gasteiger partial charge in [-0.15, -0.1) is 11.6 Å². The van der Waals surface area contributed by atoms with Crippen molar-refractivity contribution >= 4 is 17.5 Å². The Morgan fingerprint density at radius 2 is 2.00 bits per heavy atom. The monoisotopic (exact) mass is 241 g/mol. The number of halogens is 1. The minimum Gasteiger partial charge on any atom is -0.383 e. The fraction of sp³-hybridized carbons (Fsp3) is 0.417. The molecule has 0 aliphatic heterocycles. The molecule has 0 unspecified atom stereocenters. The van der Waals surface area contributed by atoms with Gasteiger partial charge in [-0.05, 0) is 12.1 Å². The van der Waals surface area contributed by atoms with Gasteiger partial charge in [0.15, 0.2) is 0 Å². The van der Waals surface area contributed by atoms with Gasteiger partial charge in [-0.1, -0.05) is 18.2 Å². The van der Waals surface area contributed by atoms with Gasteiger partial charge in [0.1, 0.15) is 0 Å². The lowest BCUT2D eigenvalue weighted by atomic mass is 10.2. The van der Waals surface area contributed by atoms with Gasteiger partial charge in [-0.2, -0.15) is 0 Å². The Morgan fingerprint density at radius 3 is 2.56 bits per heavy atom. The summed E-state index contributed by atoms with van der Waals surface area (Å²) < 4.78 is 4.97. The number of alkyl halides is 1. The molecule has 0 radical (unpaired) electrons. The molecule has 0 saturated carbocycles. The highest BCUT2D eigenvalue weighted by Crippen LogP contribution is 2.04. The molecule has 0 aliphatic rings. The number of carbonyl (C=O) groups excluding carboxylic acids is 1. The van der Waals surface area contributed by atoms with E-state index >= 15 is 0 Å². The summed E-state index contributed by atoms with van der Waals surface area (Å²) in [5.74, 6) is 0.431. The second-order valence-electron chi connectivity index (χ2n) is 3.34. The van der Waals surface area contributed by atoms with Gasteiger partial charge < -0.3 is 9.64 Å². The number of nitrogens with zero attached hydrogens (tertiary/aromatic N) is 1. The first-order valence-corrected chi connectivity index (χ1v) is 5.72. The number of benzene rings is 1. The Hall–Kier alpha value is -1.06. The molecule has 0 atom stereocenters. The molecule has 0 aromatic heterocycles. The fourth-order valence-corrected chi connectivity index (χ4v) is 1.59.